The molecule has 2 rings (SSSR count). The van der Waals surface area contributed by atoms with Crippen LogP contribution in [0.2, 0.25) is 5.02 Å². The first-order chi connectivity index (χ1) is 7.09. The van der Waals surface area contributed by atoms with Crippen LogP contribution >= 0.6 is 11.6 Å². The van der Waals surface area contributed by atoms with Crippen molar-refractivity contribution >= 4 is 29.2 Å². The third-order valence-corrected chi connectivity index (χ3v) is 2.29. The Morgan fingerprint density at radius 2 is 1.80 bits per heavy atom. The number of carbonyl (C=O) groups is 2. The zero-order valence-electron chi connectivity index (χ0n) is 7.66. The largest absolute Gasteiger partial charge is 0.333 e. The second-order valence-electron chi connectivity index (χ2n) is 3.02. The summed E-state index contributed by atoms with van der Waals surface area (Å²) in [6.07, 6.45) is 0. The number of hydrogen-bond donors (Lipinski definition) is 1. The molecule has 0 unspecified atom stereocenters. The van der Waals surface area contributed by atoms with E-state index < -0.39 is 11.9 Å². The molecule has 0 aliphatic carbocycles. The zero-order valence-corrected chi connectivity index (χ0v) is 8.41. The van der Waals surface area contributed by atoms with Crippen LogP contribution in [0.1, 0.15) is 0 Å². The maximum absolute atomic E-state index is 11.4. The van der Waals surface area contributed by atoms with Gasteiger partial charge in [-0.25, -0.2) is 4.79 Å². The molecular formula is C10H7ClN2O2. The molecule has 1 aliphatic rings. The van der Waals surface area contributed by atoms with Crippen LogP contribution in [0.25, 0.3) is 0 Å². The fraction of sp³-hybridized carbons (Fsp3) is 0. The van der Waals surface area contributed by atoms with Gasteiger partial charge in [0.25, 0.3) is 5.91 Å². The Bertz CT molecular complexity index is 453. The van der Waals surface area contributed by atoms with Gasteiger partial charge in [0.15, 0.2) is 0 Å². The summed E-state index contributed by atoms with van der Waals surface area (Å²) in [5.41, 5.74) is 0.676. The number of rotatable bonds is 1. The number of nitrogens with zero attached hydrogens (tertiary/aromatic N) is 1. The number of benzene rings is 1. The Balaban J connectivity index is 2.39. The SMILES string of the molecule is C=C1C(=O)NC(=O)N1c1ccc(Cl)cc1. The van der Waals surface area contributed by atoms with Crippen molar-refractivity contribution in [2.45, 2.75) is 0 Å². The first kappa shape index (κ1) is 9.73. The normalized spacial score (nSPS) is 15.8. The molecule has 5 heteroatoms. The van der Waals surface area contributed by atoms with E-state index in [-0.39, 0.29) is 5.70 Å². The van der Waals surface area contributed by atoms with E-state index in [0.717, 1.165) is 0 Å². The average Bonchev–Trinajstić information content (AvgIpc) is 2.44. The summed E-state index contributed by atoms with van der Waals surface area (Å²) in [7, 11) is 0. The molecule has 0 radical (unpaired) electrons. The van der Waals surface area contributed by atoms with Gasteiger partial charge in [0.2, 0.25) is 0 Å². The van der Waals surface area contributed by atoms with Gasteiger partial charge in [0.05, 0.1) is 5.69 Å². The van der Waals surface area contributed by atoms with Gasteiger partial charge in [-0.15, -0.1) is 0 Å². The van der Waals surface area contributed by atoms with Gasteiger partial charge in [-0.1, -0.05) is 18.2 Å². The van der Waals surface area contributed by atoms with E-state index in [1.165, 1.54) is 4.90 Å². The zero-order chi connectivity index (χ0) is 11.0. The van der Waals surface area contributed by atoms with Gasteiger partial charge in [0.1, 0.15) is 5.70 Å². The van der Waals surface area contributed by atoms with E-state index in [4.69, 9.17) is 11.6 Å². The molecule has 1 aromatic rings. The molecule has 3 amide bonds. The van der Waals surface area contributed by atoms with Crippen LogP contribution in [0.5, 0.6) is 0 Å². The highest BCUT2D eigenvalue weighted by Crippen LogP contribution is 2.23. The highest BCUT2D eigenvalue weighted by Gasteiger charge is 2.32. The minimum atomic E-state index is -0.493. The standard InChI is InChI=1S/C10H7ClN2O2/c1-6-9(14)12-10(15)13(6)8-4-2-7(11)3-5-8/h2-5H,1H2,(H,12,14,15). The third-order valence-electron chi connectivity index (χ3n) is 2.04. The molecule has 15 heavy (non-hydrogen) atoms. The van der Waals surface area contributed by atoms with Crippen molar-refractivity contribution < 1.29 is 9.59 Å². The lowest BCUT2D eigenvalue weighted by molar-refractivity contribution is -0.115. The maximum atomic E-state index is 11.4. The van der Waals surface area contributed by atoms with E-state index in [2.05, 4.69) is 11.9 Å². The first-order valence-corrected chi connectivity index (χ1v) is 4.57. The number of anilines is 1. The van der Waals surface area contributed by atoms with E-state index in [1.807, 2.05) is 0 Å². The van der Waals surface area contributed by atoms with Gasteiger partial charge in [-0.2, -0.15) is 0 Å². The van der Waals surface area contributed by atoms with Gasteiger partial charge in [-0.3, -0.25) is 15.0 Å². The molecule has 1 heterocycles. The van der Waals surface area contributed by atoms with Gasteiger partial charge < -0.3 is 0 Å². The number of imide groups is 1. The van der Waals surface area contributed by atoms with Crippen molar-refractivity contribution in [1.82, 2.24) is 5.32 Å². The van der Waals surface area contributed by atoms with Gasteiger partial charge in [0, 0.05) is 5.02 Å². The highest BCUT2D eigenvalue weighted by atomic mass is 35.5. The number of amides is 3. The van der Waals surface area contributed by atoms with Gasteiger partial charge in [-0.05, 0) is 24.3 Å². The van der Waals surface area contributed by atoms with E-state index >= 15 is 0 Å². The van der Waals surface area contributed by atoms with Gasteiger partial charge >= 0.3 is 6.03 Å². The number of carbonyl (C=O) groups excluding carboxylic acids is 2. The highest BCUT2D eigenvalue weighted by molar-refractivity contribution is 6.30. The Morgan fingerprint density at radius 1 is 1.20 bits per heavy atom. The average molecular weight is 223 g/mol. The molecule has 4 nitrogen and oxygen atoms in total. The Labute approximate surface area is 91.1 Å². The van der Waals surface area contributed by atoms with Crippen LogP contribution in [0.3, 0.4) is 0 Å². The molecule has 0 bridgehead atoms. The van der Waals surface area contributed by atoms with Crippen LogP contribution in [-0.2, 0) is 4.79 Å². The Hall–Kier alpha value is -1.81. The number of urea groups is 1. The van der Waals surface area contributed by atoms with E-state index in [1.54, 1.807) is 24.3 Å². The van der Waals surface area contributed by atoms with Crippen LogP contribution in [0.4, 0.5) is 10.5 Å². The van der Waals surface area contributed by atoms with Crippen LogP contribution in [-0.4, -0.2) is 11.9 Å². The van der Waals surface area contributed by atoms with Crippen molar-refractivity contribution in [3.63, 3.8) is 0 Å². The topological polar surface area (TPSA) is 49.4 Å². The summed E-state index contributed by atoms with van der Waals surface area (Å²) in [6, 6.07) is 6.07. The predicted molar refractivity (Wildman–Crippen MR) is 56.6 cm³/mol. The molecule has 1 fully saturated rings. The number of halogens is 1. The van der Waals surface area contributed by atoms with Crippen LogP contribution in [0, 0.1) is 0 Å². The summed E-state index contributed by atoms with van der Waals surface area (Å²) in [5, 5.41) is 2.71. The van der Waals surface area contributed by atoms with Crippen molar-refractivity contribution in [2.24, 2.45) is 0 Å². The smallest absolute Gasteiger partial charge is 0.272 e. The molecule has 1 N–H and O–H groups in total. The molecule has 0 aromatic heterocycles. The van der Waals surface area contributed by atoms with Crippen molar-refractivity contribution in [2.75, 3.05) is 4.90 Å². The Kier molecular flexibility index (Phi) is 2.21. The minimum absolute atomic E-state index is 0.113. The molecular weight excluding hydrogens is 216 g/mol. The minimum Gasteiger partial charge on any atom is -0.272 e. The monoisotopic (exact) mass is 222 g/mol. The Morgan fingerprint density at radius 3 is 2.27 bits per heavy atom. The lowest BCUT2D eigenvalue weighted by atomic mass is 10.3. The molecule has 0 atom stereocenters. The lowest BCUT2D eigenvalue weighted by Crippen LogP contribution is -2.27. The summed E-state index contributed by atoms with van der Waals surface area (Å²) in [6.45, 7) is 3.53. The number of hydrogen-bond acceptors (Lipinski definition) is 2. The van der Waals surface area contributed by atoms with Crippen molar-refractivity contribution in [3.05, 3.63) is 41.6 Å². The summed E-state index contributed by atoms with van der Waals surface area (Å²) in [5.74, 6) is -0.477. The summed E-state index contributed by atoms with van der Waals surface area (Å²) in [4.78, 5) is 23.7. The lowest BCUT2D eigenvalue weighted by Gasteiger charge is -2.13. The molecule has 1 aromatic carbocycles. The summed E-state index contributed by atoms with van der Waals surface area (Å²) < 4.78 is 0. The first-order valence-electron chi connectivity index (χ1n) is 4.19. The van der Waals surface area contributed by atoms with Crippen LogP contribution < -0.4 is 10.2 Å². The predicted octanol–water partition coefficient (Wildman–Crippen LogP) is 1.91. The maximum Gasteiger partial charge on any atom is 0.333 e. The molecule has 76 valence electrons. The number of nitrogens with one attached hydrogen (secondary N) is 1. The fourth-order valence-electron chi connectivity index (χ4n) is 1.31. The van der Waals surface area contributed by atoms with Crippen molar-refractivity contribution in [3.8, 4) is 0 Å². The van der Waals surface area contributed by atoms with Crippen molar-refractivity contribution in [1.29, 1.82) is 0 Å². The summed E-state index contributed by atoms with van der Waals surface area (Å²) >= 11 is 5.71. The van der Waals surface area contributed by atoms with E-state index in [0.29, 0.717) is 10.7 Å². The fourth-order valence-corrected chi connectivity index (χ4v) is 1.44. The molecule has 0 spiro atoms. The van der Waals surface area contributed by atoms with E-state index in [9.17, 15) is 9.59 Å². The quantitative estimate of drug-likeness (QED) is 0.583. The third kappa shape index (κ3) is 1.59. The second-order valence-corrected chi connectivity index (χ2v) is 3.45. The molecule has 0 saturated carbocycles. The molecule has 1 aliphatic heterocycles. The second kappa shape index (κ2) is 3.40. The van der Waals surface area contributed by atoms with Crippen LogP contribution in [0.15, 0.2) is 36.5 Å². The molecule has 1 saturated heterocycles.